The summed E-state index contributed by atoms with van der Waals surface area (Å²) in [4.78, 5) is 15.3. The number of hydrogen-bond donors (Lipinski definition) is 0. The van der Waals surface area contributed by atoms with E-state index >= 15 is 0 Å². The van der Waals surface area contributed by atoms with Crippen molar-refractivity contribution >= 4 is 5.78 Å². The lowest BCUT2D eigenvalue weighted by Gasteiger charge is -1.97. The van der Waals surface area contributed by atoms with Crippen molar-refractivity contribution in [3.63, 3.8) is 0 Å². The molecule has 4 heteroatoms. The molecule has 2 rings (SSSR count). The minimum atomic E-state index is -0.119. The summed E-state index contributed by atoms with van der Waals surface area (Å²) in [5.74, 6) is 1.21. The molecule has 1 aliphatic carbocycles. The highest BCUT2D eigenvalue weighted by Crippen LogP contribution is 2.29. The Balaban J connectivity index is 2.24. The Kier molecular flexibility index (Phi) is 1.67. The van der Waals surface area contributed by atoms with Crippen LogP contribution in [0.4, 0.5) is 0 Å². The largest absolute Gasteiger partial charge is 0.339 e. The molecule has 0 saturated heterocycles. The van der Waals surface area contributed by atoms with Gasteiger partial charge in [-0.3, -0.25) is 4.79 Å². The Morgan fingerprint density at radius 2 is 2.42 bits per heavy atom. The second-order valence-electron chi connectivity index (χ2n) is 3.09. The standard InChI is InChI=1S/C8H10N2O2/c1-5-9-8(12-10-5)6-3-2-4-7(6)11/h6H,2-4H2,1H3/t6-/m1/s1. The van der Waals surface area contributed by atoms with Crippen LogP contribution in [0.5, 0.6) is 0 Å². The van der Waals surface area contributed by atoms with Crippen LogP contribution in [0.1, 0.15) is 36.9 Å². The topological polar surface area (TPSA) is 56.0 Å². The zero-order chi connectivity index (χ0) is 8.55. The molecule has 0 radical (unpaired) electrons. The highest BCUT2D eigenvalue weighted by atomic mass is 16.5. The van der Waals surface area contributed by atoms with Gasteiger partial charge in [0.1, 0.15) is 5.78 Å². The zero-order valence-corrected chi connectivity index (χ0v) is 6.91. The summed E-state index contributed by atoms with van der Waals surface area (Å²) in [5, 5.41) is 3.66. The van der Waals surface area contributed by atoms with Gasteiger partial charge in [-0.25, -0.2) is 0 Å². The van der Waals surface area contributed by atoms with Gasteiger partial charge in [0.25, 0.3) is 0 Å². The molecule has 1 aromatic rings. The van der Waals surface area contributed by atoms with Crippen molar-refractivity contribution in [3.8, 4) is 0 Å². The summed E-state index contributed by atoms with van der Waals surface area (Å²) >= 11 is 0. The summed E-state index contributed by atoms with van der Waals surface area (Å²) in [6.45, 7) is 1.76. The fourth-order valence-electron chi connectivity index (χ4n) is 1.53. The summed E-state index contributed by atoms with van der Waals surface area (Å²) in [6.07, 6.45) is 2.47. The number of rotatable bonds is 1. The molecule has 1 aliphatic rings. The maximum absolute atomic E-state index is 11.3. The number of carbonyl (C=O) groups excluding carboxylic acids is 1. The van der Waals surface area contributed by atoms with Crippen LogP contribution in [0.3, 0.4) is 0 Å². The average Bonchev–Trinajstić information content (AvgIpc) is 2.58. The monoisotopic (exact) mass is 166 g/mol. The Morgan fingerprint density at radius 3 is 2.92 bits per heavy atom. The van der Waals surface area contributed by atoms with E-state index < -0.39 is 0 Å². The van der Waals surface area contributed by atoms with Crippen LogP contribution < -0.4 is 0 Å². The minimum absolute atomic E-state index is 0.119. The Bertz CT molecular complexity index is 306. The molecule has 1 saturated carbocycles. The summed E-state index contributed by atoms with van der Waals surface area (Å²) < 4.78 is 4.94. The van der Waals surface area contributed by atoms with Crippen LogP contribution in [0.15, 0.2) is 4.52 Å². The molecule has 1 fully saturated rings. The second-order valence-corrected chi connectivity index (χ2v) is 3.09. The molecule has 0 unspecified atom stereocenters. The molecule has 0 aliphatic heterocycles. The SMILES string of the molecule is Cc1noc([C@@H]2CCCC2=O)n1. The van der Waals surface area contributed by atoms with Crippen molar-refractivity contribution in [3.05, 3.63) is 11.7 Å². The van der Waals surface area contributed by atoms with E-state index in [0.717, 1.165) is 12.8 Å². The normalized spacial score (nSPS) is 23.4. The predicted octanol–water partition coefficient (Wildman–Crippen LogP) is 1.21. The van der Waals surface area contributed by atoms with Gasteiger partial charge in [0.2, 0.25) is 5.89 Å². The lowest BCUT2D eigenvalue weighted by molar-refractivity contribution is -0.119. The molecule has 0 spiro atoms. The average molecular weight is 166 g/mol. The zero-order valence-electron chi connectivity index (χ0n) is 6.91. The maximum atomic E-state index is 11.3. The van der Waals surface area contributed by atoms with Gasteiger partial charge >= 0.3 is 0 Å². The third-order valence-corrected chi connectivity index (χ3v) is 2.15. The minimum Gasteiger partial charge on any atom is -0.339 e. The molecule has 0 amide bonds. The van der Waals surface area contributed by atoms with Crippen molar-refractivity contribution in [2.75, 3.05) is 0 Å². The second kappa shape index (κ2) is 2.69. The van der Waals surface area contributed by atoms with E-state index in [2.05, 4.69) is 10.1 Å². The van der Waals surface area contributed by atoms with E-state index in [1.165, 1.54) is 0 Å². The maximum Gasteiger partial charge on any atom is 0.237 e. The first-order valence-electron chi connectivity index (χ1n) is 4.10. The van der Waals surface area contributed by atoms with E-state index in [1.54, 1.807) is 6.92 Å². The Morgan fingerprint density at radius 1 is 1.58 bits per heavy atom. The first kappa shape index (κ1) is 7.46. The Labute approximate surface area is 70.0 Å². The quantitative estimate of drug-likeness (QED) is 0.629. The van der Waals surface area contributed by atoms with E-state index in [9.17, 15) is 4.79 Å². The van der Waals surface area contributed by atoms with Gasteiger partial charge in [-0.1, -0.05) is 5.16 Å². The predicted molar refractivity (Wildman–Crippen MR) is 40.6 cm³/mol. The van der Waals surface area contributed by atoms with Gasteiger partial charge in [-0.15, -0.1) is 0 Å². The first-order chi connectivity index (χ1) is 5.77. The molecule has 0 N–H and O–H groups in total. The molecule has 12 heavy (non-hydrogen) atoms. The number of aromatic nitrogens is 2. The van der Waals surface area contributed by atoms with Crippen molar-refractivity contribution < 1.29 is 9.32 Å². The van der Waals surface area contributed by atoms with Gasteiger partial charge in [0.15, 0.2) is 5.82 Å². The number of carbonyl (C=O) groups is 1. The number of aryl methyl sites for hydroxylation is 1. The van der Waals surface area contributed by atoms with Crippen molar-refractivity contribution in [2.24, 2.45) is 0 Å². The van der Waals surface area contributed by atoms with Crippen LogP contribution in [0.25, 0.3) is 0 Å². The molecule has 4 nitrogen and oxygen atoms in total. The van der Waals surface area contributed by atoms with Crippen molar-refractivity contribution in [2.45, 2.75) is 32.1 Å². The number of ketones is 1. The molecule has 64 valence electrons. The molecule has 1 aromatic heterocycles. The van der Waals surface area contributed by atoms with Crippen LogP contribution in [-0.2, 0) is 4.79 Å². The van der Waals surface area contributed by atoms with Gasteiger partial charge in [0, 0.05) is 6.42 Å². The molecular weight excluding hydrogens is 156 g/mol. The molecular formula is C8H10N2O2. The lowest BCUT2D eigenvalue weighted by atomic mass is 10.1. The highest BCUT2D eigenvalue weighted by molar-refractivity contribution is 5.86. The van der Waals surface area contributed by atoms with Crippen LogP contribution in [0.2, 0.25) is 0 Å². The summed E-state index contributed by atoms with van der Waals surface area (Å²) in [5.41, 5.74) is 0. The van der Waals surface area contributed by atoms with Crippen molar-refractivity contribution in [1.82, 2.24) is 10.1 Å². The summed E-state index contributed by atoms with van der Waals surface area (Å²) in [7, 11) is 0. The molecule has 1 atom stereocenters. The van der Waals surface area contributed by atoms with E-state index in [1.807, 2.05) is 0 Å². The van der Waals surface area contributed by atoms with Gasteiger partial charge < -0.3 is 4.52 Å². The molecule has 0 bridgehead atoms. The van der Waals surface area contributed by atoms with Crippen molar-refractivity contribution in [1.29, 1.82) is 0 Å². The first-order valence-corrected chi connectivity index (χ1v) is 4.10. The van der Waals surface area contributed by atoms with Gasteiger partial charge in [-0.05, 0) is 19.8 Å². The smallest absolute Gasteiger partial charge is 0.237 e. The number of hydrogen-bond acceptors (Lipinski definition) is 4. The van der Waals surface area contributed by atoms with Crippen LogP contribution >= 0.6 is 0 Å². The fourth-order valence-corrected chi connectivity index (χ4v) is 1.53. The molecule has 0 aromatic carbocycles. The lowest BCUT2D eigenvalue weighted by Crippen LogP contribution is -2.04. The summed E-state index contributed by atoms with van der Waals surface area (Å²) in [6, 6.07) is 0. The van der Waals surface area contributed by atoms with E-state index in [4.69, 9.17) is 4.52 Å². The number of Topliss-reactive ketones (excluding diaryl/α,β-unsaturated/α-hetero) is 1. The van der Waals surface area contributed by atoms with Crippen LogP contribution in [0, 0.1) is 6.92 Å². The Hall–Kier alpha value is -1.19. The van der Waals surface area contributed by atoms with Crippen LogP contribution in [-0.4, -0.2) is 15.9 Å². The van der Waals surface area contributed by atoms with E-state index in [0.29, 0.717) is 18.1 Å². The van der Waals surface area contributed by atoms with Gasteiger partial charge in [-0.2, -0.15) is 4.98 Å². The van der Waals surface area contributed by atoms with E-state index in [-0.39, 0.29) is 11.7 Å². The third-order valence-electron chi connectivity index (χ3n) is 2.15. The highest BCUT2D eigenvalue weighted by Gasteiger charge is 2.30. The number of nitrogens with zero attached hydrogens (tertiary/aromatic N) is 2. The van der Waals surface area contributed by atoms with Gasteiger partial charge in [0.05, 0.1) is 5.92 Å². The fraction of sp³-hybridized carbons (Fsp3) is 0.625. The third kappa shape index (κ3) is 1.13. The molecule has 1 heterocycles.